The van der Waals surface area contributed by atoms with E-state index in [0.717, 1.165) is 25.9 Å². The summed E-state index contributed by atoms with van der Waals surface area (Å²) in [6.07, 6.45) is 3.19. The van der Waals surface area contributed by atoms with E-state index in [4.69, 9.17) is 4.74 Å². The van der Waals surface area contributed by atoms with E-state index in [9.17, 15) is 19.7 Å². The van der Waals surface area contributed by atoms with E-state index in [1.54, 1.807) is 6.07 Å². The summed E-state index contributed by atoms with van der Waals surface area (Å²) in [7, 11) is 0. The quantitative estimate of drug-likeness (QED) is 0.0852. The predicted octanol–water partition coefficient (Wildman–Crippen LogP) is 5.97. The Balaban J connectivity index is 1.46. The van der Waals surface area contributed by atoms with Gasteiger partial charge in [-0.15, -0.1) is 0 Å². The molecule has 7 heteroatoms. The van der Waals surface area contributed by atoms with Crippen LogP contribution in [0.3, 0.4) is 0 Å². The van der Waals surface area contributed by atoms with Crippen LogP contribution in [0.25, 0.3) is 6.08 Å². The van der Waals surface area contributed by atoms with E-state index in [-0.39, 0.29) is 23.3 Å². The molecule has 0 unspecified atom stereocenters. The standard InChI is InChI=1S/C32H34N2O5/c1-24(35)29(22-25-11-10-16-28(21-25)34(37)38)30(36)39-23-31(2,3)33-19-17-32(18-20-33,26-12-6-4-7-13-26)27-14-8-5-9-15-27/h4-16,21-22H,17-20,23H2,1-3H3. The van der Waals surface area contributed by atoms with E-state index in [1.165, 1.54) is 42.3 Å². The Labute approximate surface area is 229 Å². The van der Waals surface area contributed by atoms with Crippen molar-refractivity contribution in [3.63, 3.8) is 0 Å². The van der Waals surface area contributed by atoms with Gasteiger partial charge >= 0.3 is 5.97 Å². The number of carbonyl (C=O) groups is 2. The summed E-state index contributed by atoms with van der Waals surface area (Å²) < 4.78 is 5.65. The summed E-state index contributed by atoms with van der Waals surface area (Å²) in [4.78, 5) is 38.1. The van der Waals surface area contributed by atoms with Crippen molar-refractivity contribution in [2.75, 3.05) is 19.7 Å². The SMILES string of the molecule is CC(=O)C(=Cc1cccc([N+](=O)[O-])c1)C(=O)OCC(C)(C)N1CCC(c2ccccc2)(c2ccccc2)CC1. The monoisotopic (exact) mass is 526 g/mol. The number of likely N-dealkylation sites (tertiary alicyclic amines) is 1. The van der Waals surface area contributed by atoms with Crippen molar-refractivity contribution in [3.05, 3.63) is 117 Å². The molecule has 0 saturated carbocycles. The van der Waals surface area contributed by atoms with Gasteiger partial charge in [0.25, 0.3) is 5.69 Å². The average molecular weight is 527 g/mol. The number of rotatable bonds is 9. The fraction of sp³-hybridized carbons (Fsp3) is 0.312. The molecular formula is C32H34N2O5. The average Bonchev–Trinajstić information content (AvgIpc) is 2.95. The lowest BCUT2D eigenvalue weighted by molar-refractivity contribution is -0.384. The first-order valence-corrected chi connectivity index (χ1v) is 13.1. The maximum Gasteiger partial charge on any atom is 0.341 e. The first-order chi connectivity index (χ1) is 18.6. The molecule has 1 heterocycles. The van der Waals surface area contributed by atoms with Crippen molar-refractivity contribution < 1.29 is 19.2 Å². The van der Waals surface area contributed by atoms with Crippen LogP contribution in [0.4, 0.5) is 5.69 Å². The van der Waals surface area contributed by atoms with E-state index < -0.39 is 22.2 Å². The van der Waals surface area contributed by atoms with Crippen LogP contribution in [-0.4, -0.2) is 46.8 Å². The molecule has 0 radical (unpaired) electrons. The van der Waals surface area contributed by atoms with Gasteiger partial charge in [0.2, 0.25) is 0 Å². The first-order valence-electron chi connectivity index (χ1n) is 13.1. The second-order valence-corrected chi connectivity index (χ2v) is 10.7. The number of carbonyl (C=O) groups excluding carboxylic acids is 2. The van der Waals surface area contributed by atoms with Crippen LogP contribution in [-0.2, 0) is 19.7 Å². The highest BCUT2D eigenvalue weighted by Crippen LogP contribution is 2.42. The van der Waals surface area contributed by atoms with Crippen molar-refractivity contribution in [1.29, 1.82) is 0 Å². The topological polar surface area (TPSA) is 89.8 Å². The van der Waals surface area contributed by atoms with Crippen LogP contribution in [0.5, 0.6) is 0 Å². The lowest BCUT2D eigenvalue weighted by Gasteiger charge is -2.48. The Bertz CT molecular complexity index is 1320. The largest absolute Gasteiger partial charge is 0.460 e. The molecule has 0 aromatic heterocycles. The third-order valence-electron chi connectivity index (χ3n) is 7.67. The van der Waals surface area contributed by atoms with Gasteiger partial charge in [0.15, 0.2) is 5.78 Å². The van der Waals surface area contributed by atoms with Crippen LogP contribution in [0.2, 0.25) is 0 Å². The molecule has 0 N–H and O–H groups in total. The Morgan fingerprint density at radius 1 is 0.949 bits per heavy atom. The van der Waals surface area contributed by atoms with Crippen LogP contribution >= 0.6 is 0 Å². The number of Topliss-reactive ketones (excluding diaryl/α,β-unsaturated/α-hetero) is 1. The highest BCUT2D eigenvalue weighted by Gasteiger charge is 2.41. The lowest BCUT2D eigenvalue weighted by atomic mass is 9.67. The predicted molar refractivity (Wildman–Crippen MR) is 151 cm³/mol. The number of benzene rings is 3. The molecule has 1 fully saturated rings. The molecule has 1 saturated heterocycles. The Hall–Kier alpha value is -4.10. The molecule has 7 nitrogen and oxygen atoms in total. The molecule has 0 spiro atoms. The minimum atomic E-state index is -0.734. The Morgan fingerprint density at radius 2 is 1.51 bits per heavy atom. The van der Waals surface area contributed by atoms with Gasteiger partial charge in [-0.2, -0.15) is 0 Å². The fourth-order valence-corrected chi connectivity index (χ4v) is 5.36. The van der Waals surface area contributed by atoms with E-state index >= 15 is 0 Å². The molecule has 0 atom stereocenters. The van der Waals surface area contributed by atoms with Gasteiger partial charge in [-0.25, -0.2) is 4.79 Å². The van der Waals surface area contributed by atoms with Gasteiger partial charge in [-0.05, 0) is 69.5 Å². The zero-order chi connectivity index (χ0) is 28.0. The highest BCUT2D eigenvalue weighted by atomic mass is 16.6. The number of non-ortho nitro benzene ring substituents is 1. The molecule has 0 aliphatic carbocycles. The maximum atomic E-state index is 12.9. The van der Waals surface area contributed by atoms with Crippen molar-refractivity contribution in [2.24, 2.45) is 0 Å². The summed E-state index contributed by atoms with van der Waals surface area (Å²) in [5, 5.41) is 11.1. The first kappa shape index (κ1) is 27.9. The number of nitrogens with zero attached hydrogens (tertiary/aromatic N) is 2. The zero-order valence-corrected chi connectivity index (χ0v) is 22.6. The van der Waals surface area contributed by atoms with Crippen LogP contribution in [0.15, 0.2) is 90.5 Å². The summed E-state index contributed by atoms with van der Waals surface area (Å²) in [5.74, 6) is -1.19. The van der Waals surface area contributed by atoms with Gasteiger partial charge < -0.3 is 4.74 Å². The van der Waals surface area contributed by atoms with Gasteiger partial charge in [0.1, 0.15) is 12.2 Å². The van der Waals surface area contributed by atoms with Gasteiger partial charge in [0.05, 0.1) is 4.92 Å². The number of nitro benzene ring substituents is 1. The highest BCUT2D eigenvalue weighted by molar-refractivity contribution is 6.19. The van der Waals surface area contributed by atoms with Crippen molar-refractivity contribution >= 4 is 23.5 Å². The van der Waals surface area contributed by atoms with Gasteiger partial charge in [-0.3, -0.25) is 19.8 Å². The smallest absolute Gasteiger partial charge is 0.341 e. The van der Waals surface area contributed by atoms with Crippen LogP contribution in [0, 0.1) is 10.1 Å². The molecular weight excluding hydrogens is 492 g/mol. The number of esters is 1. The second kappa shape index (κ2) is 11.7. The molecule has 3 aromatic carbocycles. The summed E-state index contributed by atoms with van der Waals surface area (Å²) >= 11 is 0. The summed E-state index contributed by atoms with van der Waals surface area (Å²) in [6, 6.07) is 27.0. The third kappa shape index (κ3) is 6.32. The Kier molecular flexibility index (Phi) is 8.41. The summed E-state index contributed by atoms with van der Waals surface area (Å²) in [6.45, 7) is 7.10. The molecule has 202 valence electrons. The van der Waals surface area contributed by atoms with Crippen molar-refractivity contribution in [1.82, 2.24) is 4.90 Å². The van der Waals surface area contributed by atoms with Crippen molar-refractivity contribution in [3.8, 4) is 0 Å². The second-order valence-electron chi connectivity index (χ2n) is 10.7. The molecule has 4 rings (SSSR count). The third-order valence-corrected chi connectivity index (χ3v) is 7.67. The number of hydrogen-bond donors (Lipinski definition) is 0. The minimum Gasteiger partial charge on any atom is -0.460 e. The van der Waals surface area contributed by atoms with Gasteiger partial charge in [0, 0.05) is 23.1 Å². The van der Waals surface area contributed by atoms with Crippen molar-refractivity contribution in [2.45, 2.75) is 44.6 Å². The number of ether oxygens (including phenoxy) is 1. The number of nitro groups is 1. The Morgan fingerprint density at radius 3 is 2.03 bits per heavy atom. The number of ketones is 1. The minimum absolute atomic E-state index is 0.0887. The number of hydrogen-bond acceptors (Lipinski definition) is 6. The molecule has 0 bridgehead atoms. The molecule has 0 amide bonds. The lowest BCUT2D eigenvalue weighted by Crippen LogP contribution is -2.54. The molecule has 1 aliphatic heterocycles. The van der Waals surface area contributed by atoms with E-state index in [2.05, 4.69) is 53.4 Å². The van der Waals surface area contributed by atoms with E-state index in [0.29, 0.717) is 5.56 Å². The maximum absolute atomic E-state index is 12.9. The van der Waals surface area contributed by atoms with Crippen LogP contribution < -0.4 is 0 Å². The molecule has 3 aromatic rings. The molecule has 39 heavy (non-hydrogen) atoms. The van der Waals surface area contributed by atoms with Gasteiger partial charge in [-0.1, -0.05) is 72.8 Å². The molecule has 1 aliphatic rings. The zero-order valence-electron chi connectivity index (χ0n) is 22.6. The van der Waals surface area contributed by atoms with Crippen LogP contribution in [0.1, 0.15) is 50.3 Å². The number of piperidine rings is 1. The normalized spacial score (nSPS) is 15.9. The van der Waals surface area contributed by atoms with E-state index in [1.807, 2.05) is 26.0 Å². The summed E-state index contributed by atoms with van der Waals surface area (Å²) in [5.41, 5.74) is 2.19. The fourth-order valence-electron chi connectivity index (χ4n) is 5.36.